The number of guanidine groups is 1. The molecule has 2 saturated heterocycles. The number of rotatable bonds is 2. The number of fused-ring (bicyclic) bond motifs is 1. The van der Waals surface area contributed by atoms with Gasteiger partial charge in [0.2, 0.25) is 0 Å². The zero-order valence-corrected chi connectivity index (χ0v) is 16.3. The Balaban J connectivity index is 0.00000169. The third-order valence-corrected chi connectivity index (χ3v) is 4.98. The van der Waals surface area contributed by atoms with Crippen LogP contribution < -0.4 is 5.32 Å². The van der Waals surface area contributed by atoms with E-state index in [0.717, 1.165) is 43.6 Å². The third-order valence-electron chi connectivity index (χ3n) is 4.98. The minimum absolute atomic E-state index is 0. The van der Waals surface area contributed by atoms with Gasteiger partial charge in [0.15, 0.2) is 5.96 Å². The highest BCUT2D eigenvalue weighted by Crippen LogP contribution is 2.38. The summed E-state index contributed by atoms with van der Waals surface area (Å²) < 4.78 is 7.65. The molecule has 1 atom stereocenters. The van der Waals surface area contributed by atoms with Crippen LogP contribution in [-0.4, -0.2) is 53.6 Å². The maximum atomic E-state index is 5.61. The number of halogens is 1. The molecule has 2 aliphatic heterocycles. The number of aromatic nitrogens is 2. The minimum atomic E-state index is 0. The van der Waals surface area contributed by atoms with E-state index in [2.05, 4.69) is 26.4 Å². The van der Waals surface area contributed by atoms with Gasteiger partial charge in [0.05, 0.1) is 18.8 Å². The molecule has 2 aromatic rings. The highest BCUT2D eigenvalue weighted by atomic mass is 127. The molecule has 130 valence electrons. The monoisotopic (exact) mass is 441 g/mol. The zero-order chi connectivity index (χ0) is 15.7. The summed E-state index contributed by atoms with van der Waals surface area (Å²) in [4.78, 5) is 11.4. The van der Waals surface area contributed by atoms with Crippen LogP contribution in [0.4, 0.5) is 0 Å². The molecule has 24 heavy (non-hydrogen) atoms. The molecule has 2 aromatic heterocycles. The molecule has 6 nitrogen and oxygen atoms in total. The van der Waals surface area contributed by atoms with Gasteiger partial charge in [-0.25, -0.2) is 4.98 Å². The number of nitrogens with zero attached hydrogens (tertiary/aromatic N) is 4. The molecule has 1 N–H and O–H groups in total. The molecule has 2 aliphatic rings. The first kappa shape index (κ1) is 17.5. The number of ether oxygens (including phenoxy) is 1. The van der Waals surface area contributed by atoms with Gasteiger partial charge in [0.1, 0.15) is 5.65 Å². The van der Waals surface area contributed by atoms with E-state index in [1.165, 1.54) is 12.8 Å². The number of likely N-dealkylation sites (tertiary alicyclic amines) is 1. The lowest BCUT2D eigenvalue weighted by atomic mass is 9.87. The molecule has 7 heteroatoms. The standard InChI is InChI=1S/C17H23N5O.HI/c1-18-16(22-8-5-17(12-22)6-9-23-13-17)19-10-14-11-21-7-3-2-4-15(21)20-14;/h2-4,7,11H,5-6,8-10,12-13H2,1H3,(H,18,19);1H. The summed E-state index contributed by atoms with van der Waals surface area (Å²) in [5.74, 6) is 0.964. The van der Waals surface area contributed by atoms with Crippen molar-refractivity contribution in [2.24, 2.45) is 10.4 Å². The molecule has 4 rings (SSSR count). The molecule has 2 fully saturated rings. The molecule has 0 amide bonds. The Kier molecular flexibility index (Phi) is 5.29. The summed E-state index contributed by atoms with van der Waals surface area (Å²) in [7, 11) is 1.85. The van der Waals surface area contributed by atoms with Gasteiger partial charge in [-0.15, -0.1) is 24.0 Å². The Labute approximate surface area is 159 Å². The van der Waals surface area contributed by atoms with Crippen molar-refractivity contribution in [3.8, 4) is 0 Å². The second kappa shape index (κ2) is 7.26. The fraction of sp³-hybridized carbons (Fsp3) is 0.529. The molecular formula is C17H24IN5O. The summed E-state index contributed by atoms with van der Waals surface area (Å²) in [5, 5.41) is 3.45. The van der Waals surface area contributed by atoms with Gasteiger partial charge in [-0.2, -0.15) is 0 Å². The number of imidazole rings is 1. The first-order chi connectivity index (χ1) is 11.3. The maximum absolute atomic E-state index is 5.61. The van der Waals surface area contributed by atoms with Crippen LogP contribution in [0, 0.1) is 5.41 Å². The zero-order valence-electron chi connectivity index (χ0n) is 13.9. The summed E-state index contributed by atoms with van der Waals surface area (Å²) in [6, 6.07) is 6.03. The first-order valence-electron chi connectivity index (χ1n) is 8.24. The highest BCUT2D eigenvalue weighted by molar-refractivity contribution is 14.0. The van der Waals surface area contributed by atoms with Crippen LogP contribution in [-0.2, 0) is 11.3 Å². The predicted molar refractivity (Wildman–Crippen MR) is 105 cm³/mol. The fourth-order valence-corrected chi connectivity index (χ4v) is 3.66. The lowest BCUT2D eigenvalue weighted by molar-refractivity contribution is 0.156. The molecule has 4 heterocycles. The van der Waals surface area contributed by atoms with E-state index in [1.807, 2.05) is 35.8 Å². The van der Waals surface area contributed by atoms with Crippen LogP contribution in [0.15, 0.2) is 35.6 Å². The number of aliphatic imine (C=N–C) groups is 1. The molecular weight excluding hydrogens is 417 g/mol. The molecule has 0 saturated carbocycles. The molecule has 0 radical (unpaired) electrons. The van der Waals surface area contributed by atoms with E-state index in [9.17, 15) is 0 Å². The van der Waals surface area contributed by atoms with Crippen molar-refractivity contribution in [1.29, 1.82) is 0 Å². The van der Waals surface area contributed by atoms with Crippen molar-refractivity contribution in [3.05, 3.63) is 36.3 Å². The van der Waals surface area contributed by atoms with Crippen molar-refractivity contribution < 1.29 is 4.74 Å². The summed E-state index contributed by atoms with van der Waals surface area (Å²) >= 11 is 0. The van der Waals surface area contributed by atoms with Gasteiger partial charge in [-0.3, -0.25) is 4.99 Å². The van der Waals surface area contributed by atoms with E-state index in [4.69, 9.17) is 4.74 Å². The SMILES string of the molecule is CN=C(NCc1cn2ccccc2n1)N1CCC2(CCOC2)C1.I. The average Bonchev–Trinajstić information content (AvgIpc) is 3.29. The van der Waals surface area contributed by atoms with Crippen molar-refractivity contribution in [2.45, 2.75) is 19.4 Å². The Morgan fingerprint density at radius 2 is 2.33 bits per heavy atom. The molecule has 0 aromatic carbocycles. The van der Waals surface area contributed by atoms with E-state index in [-0.39, 0.29) is 24.0 Å². The van der Waals surface area contributed by atoms with Crippen molar-refractivity contribution in [2.75, 3.05) is 33.4 Å². The third kappa shape index (κ3) is 3.37. The quantitative estimate of drug-likeness (QED) is 0.441. The van der Waals surface area contributed by atoms with Gasteiger partial charge in [-0.1, -0.05) is 6.07 Å². The highest BCUT2D eigenvalue weighted by Gasteiger charge is 2.42. The number of pyridine rings is 1. The van der Waals surface area contributed by atoms with Crippen LogP contribution in [0.5, 0.6) is 0 Å². The van der Waals surface area contributed by atoms with Crippen LogP contribution >= 0.6 is 24.0 Å². The van der Waals surface area contributed by atoms with Crippen LogP contribution in [0.3, 0.4) is 0 Å². The van der Waals surface area contributed by atoms with Gasteiger partial charge < -0.3 is 19.4 Å². The van der Waals surface area contributed by atoms with Gasteiger partial charge in [0.25, 0.3) is 0 Å². The van der Waals surface area contributed by atoms with Crippen molar-refractivity contribution in [1.82, 2.24) is 19.6 Å². The second-order valence-corrected chi connectivity index (χ2v) is 6.57. The Bertz CT molecular complexity index is 690. The maximum Gasteiger partial charge on any atom is 0.193 e. The number of hydrogen-bond donors (Lipinski definition) is 1. The topological polar surface area (TPSA) is 54.2 Å². The fourth-order valence-electron chi connectivity index (χ4n) is 3.66. The molecule has 0 bridgehead atoms. The minimum Gasteiger partial charge on any atom is -0.381 e. The lowest BCUT2D eigenvalue weighted by Gasteiger charge is -2.24. The van der Waals surface area contributed by atoms with Gasteiger partial charge in [0, 0.05) is 44.6 Å². The normalized spacial score (nSPS) is 23.9. The Morgan fingerprint density at radius 3 is 3.08 bits per heavy atom. The number of hydrogen-bond acceptors (Lipinski definition) is 3. The predicted octanol–water partition coefficient (Wildman–Crippen LogP) is 2.14. The second-order valence-electron chi connectivity index (χ2n) is 6.57. The Hall–Kier alpha value is -1.35. The van der Waals surface area contributed by atoms with Crippen LogP contribution in [0.2, 0.25) is 0 Å². The van der Waals surface area contributed by atoms with Crippen molar-refractivity contribution in [3.63, 3.8) is 0 Å². The van der Waals surface area contributed by atoms with Crippen LogP contribution in [0.1, 0.15) is 18.5 Å². The van der Waals surface area contributed by atoms with Gasteiger partial charge >= 0.3 is 0 Å². The lowest BCUT2D eigenvalue weighted by Crippen LogP contribution is -2.41. The Morgan fingerprint density at radius 1 is 1.42 bits per heavy atom. The summed E-state index contributed by atoms with van der Waals surface area (Å²) in [5.41, 5.74) is 2.35. The molecule has 1 spiro atoms. The molecule has 1 unspecified atom stereocenters. The van der Waals surface area contributed by atoms with Crippen molar-refractivity contribution >= 4 is 35.6 Å². The van der Waals surface area contributed by atoms with E-state index >= 15 is 0 Å². The smallest absolute Gasteiger partial charge is 0.193 e. The average molecular weight is 441 g/mol. The van der Waals surface area contributed by atoms with E-state index in [1.54, 1.807) is 0 Å². The molecule has 0 aliphatic carbocycles. The van der Waals surface area contributed by atoms with Gasteiger partial charge in [-0.05, 0) is 25.0 Å². The first-order valence-corrected chi connectivity index (χ1v) is 8.24. The summed E-state index contributed by atoms with van der Waals surface area (Å²) in [6.45, 7) is 4.58. The largest absolute Gasteiger partial charge is 0.381 e. The van der Waals surface area contributed by atoms with E-state index in [0.29, 0.717) is 12.0 Å². The number of nitrogens with one attached hydrogen (secondary N) is 1. The van der Waals surface area contributed by atoms with Crippen LogP contribution in [0.25, 0.3) is 5.65 Å². The summed E-state index contributed by atoms with van der Waals surface area (Å²) in [6.07, 6.45) is 6.45. The van der Waals surface area contributed by atoms with E-state index < -0.39 is 0 Å².